The van der Waals surface area contributed by atoms with Gasteiger partial charge < -0.3 is 14.2 Å². The second-order valence-electron chi connectivity index (χ2n) is 16.4. The fraction of sp³-hybridized carbons (Fsp3) is 0.860. The van der Waals surface area contributed by atoms with E-state index in [9.17, 15) is 14.4 Å². The molecule has 0 heterocycles. The number of unbranched alkanes of at least 4 members (excludes halogenated alkanes) is 29. The van der Waals surface area contributed by atoms with E-state index >= 15 is 0 Å². The minimum atomic E-state index is -0.778. The van der Waals surface area contributed by atoms with E-state index in [1.54, 1.807) is 0 Å². The average Bonchev–Trinajstić information content (AvgIpc) is 3.19. The Bertz CT molecular complexity index is 911. The van der Waals surface area contributed by atoms with Crippen LogP contribution in [0.3, 0.4) is 0 Å². The highest BCUT2D eigenvalue weighted by molar-refractivity contribution is 5.71. The number of esters is 3. The maximum atomic E-state index is 12.7. The van der Waals surface area contributed by atoms with Crippen molar-refractivity contribution in [3.8, 4) is 0 Å². The predicted molar refractivity (Wildman–Crippen MR) is 238 cm³/mol. The Labute approximate surface area is 347 Å². The lowest BCUT2D eigenvalue weighted by Crippen LogP contribution is -2.30. The summed E-state index contributed by atoms with van der Waals surface area (Å²) in [6, 6.07) is 0. The van der Waals surface area contributed by atoms with E-state index in [1.165, 1.54) is 154 Å². The van der Waals surface area contributed by atoms with Crippen molar-refractivity contribution in [2.75, 3.05) is 13.2 Å². The van der Waals surface area contributed by atoms with Gasteiger partial charge in [-0.3, -0.25) is 14.4 Å². The number of carbonyl (C=O) groups excluding carboxylic acids is 3. The van der Waals surface area contributed by atoms with Gasteiger partial charge in [0.05, 0.1) is 0 Å². The highest BCUT2D eigenvalue weighted by atomic mass is 16.6. The van der Waals surface area contributed by atoms with Gasteiger partial charge in [-0.25, -0.2) is 0 Å². The zero-order valence-electron chi connectivity index (χ0n) is 37.4. The number of hydrogen-bond acceptors (Lipinski definition) is 6. The summed E-state index contributed by atoms with van der Waals surface area (Å²) in [4.78, 5) is 37.7. The van der Waals surface area contributed by atoms with Gasteiger partial charge in [0.15, 0.2) is 6.10 Å². The molecule has 328 valence electrons. The van der Waals surface area contributed by atoms with E-state index in [2.05, 4.69) is 45.1 Å². The molecule has 0 aromatic rings. The minimum Gasteiger partial charge on any atom is -0.462 e. The summed E-state index contributed by atoms with van der Waals surface area (Å²) >= 11 is 0. The topological polar surface area (TPSA) is 78.9 Å². The number of rotatable bonds is 44. The van der Waals surface area contributed by atoms with Crippen molar-refractivity contribution < 1.29 is 28.6 Å². The average molecular weight is 789 g/mol. The highest BCUT2D eigenvalue weighted by Gasteiger charge is 2.19. The quantitative estimate of drug-likeness (QED) is 0.0265. The van der Waals surface area contributed by atoms with Crippen molar-refractivity contribution >= 4 is 17.9 Å². The van der Waals surface area contributed by atoms with Crippen LogP contribution in [0.1, 0.15) is 258 Å². The monoisotopic (exact) mass is 789 g/mol. The molecule has 0 fully saturated rings. The summed E-state index contributed by atoms with van der Waals surface area (Å²) in [6.45, 7) is 6.58. The Morgan fingerprint density at radius 1 is 0.339 bits per heavy atom. The third-order valence-electron chi connectivity index (χ3n) is 10.7. The van der Waals surface area contributed by atoms with E-state index in [4.69, 9.17) is 14.2 Å². The normalized spacial score (nSPS) is 12.1. The summed E-state index contributed by atoms with van der Waals surface area (Å²) in [5, 5.41) is 0. The lowest BCUT2D eigenvalue weighted by Gasteiger charge is -2.18. The summed E-state index contributed by atoms with van der Waals surface area (Å²) in [5.41, 5.74) is 0. The van der Waals surface area contributed by atoms with Crippen LogP contribution in [0.5, 0.6) is 0 Å². The second kappa shape index (κ2) is 45.6. The Morgan fingerprint density at radius 3 is 0.982 bits per heavy atom. The minimum absolute atomic E-state index is 0.0809. The number of allylic oxidation sites excluding steroid dienone is 4. The van der Waals surface area contributed by atoms with Crippen LogP contribution in [-0.4, -0.2) is 37.2 Å². The zero-order valence-corrected chi connectivity index (χ0v) is 37.4. The third-order valence-corrected chi connectivity index (χ3v) is 10.7. The first kappa shape index (κ1) is 53.9. The molecule has 0 bridgehead atoms. The molecule has 0 radical (unpaired) electrons. The van der Waals surface area contributed by atoms with E-state index in [-0.39, 0.29) is 31.1 Å². The maximum absolute atomic E-state index is 12.7. The molecule has 0 saturated carbocycles. The van der Waals surface area contributed by atoms with Gasteiger partial charge in [0.2, 0.25) is 0 Å². The Morgan fingerprint density at radius 2 is 0.607 bits per heavy atom. The van der Waals surface area contributed by atoms with Gasteiger partial charge in [0.25, 0.3) is 0 Å². The van der Waals surface area contributed by atoms with Crippen LogP contribution in [-0.2, 0) is 28.6 Å². The number of hydrogen-bond donors (Lipinski definition) is 0. The standard InChI is InChI=1S/C50H92O6/c1-4-7-10-13-16-19-21-23-24-25-27-28-31-34-37-40-43-49(52)55-46-47(45-54-48(51)42-39-36-33-30-18-15-12-9-6-3)56-50(53)44-41-38-35-32-29-26-22-20-17-14-11-8-5-2/h24-25,30,33,47H,4-23,26-29,31-32,34-46H2,1-3H3/b25-24-,33-30-. The van der Waals surface area contributed by atoms with E-state index in [0.29, 0.717) is 19.3 Å². The van der Waals surface area contributed by atoms with Crippen LogP contribution in [0.2, 0.25) is 0 Å². The molecule has 0 saturated heterocycles. The molecule has 0 aliphatic heterocycles. The number of carbonyl (C=O) groups is 3. The lowest BCUT2D eigenvalue weighted by atomic mass is 10.0. The molecule has 0 rings (SSSR count). The van der Waals surface area contributed by atoms with Crippen molar-refractivity contribution in [2.45, 2.75) is 264 Å². The summed E-state index contributed by atoms with van der Waals surface area (Å²) in [6.07, 6.45) is 50.3. The third kappa shape index (κ3) is 43.0. The molecular formula is C50H92O6. The summed E-state index contributed by atoms with van der Waals surface area (Å²) < 4.78 is 16.7. The molecule has 1 atom stereocenters. The summed E-state index contributed by atoms with van der Waals surface area (Å²) in [5.74, 6) is -0.917. The van der Waals surface area contributed by atoms with Crippen molar-refractivity contribution in [3.63, 3.8) is 0 Å². The van der Waals surface area contributed by atoms with Crippen LogP contribution in [0.25, 0.3) is 0 Å². The van der Waals surface area contributed by atoms with Crippen LogP contribution < -0.4 is 0 Å². The van der Waals surface area contributed by atoms with E-state index in [0.717, 1.165) is 64.2 Å². The van der Waals surface area contributed by atoms with Crippen LogP contribution >= 0.6 is 0 Å². The first-order chi connectivity index (χ1) is 27.5. The number of ether oxygens (including phenoxy) is 3. The molecule has 6 heteroatoms. The van der Waals surface area contributed by atoms with Crippen molar-refractivity contribution in [3.05, 3.63) is 24.3 Å². The largest absolute Gasteiger partial charge is 0.462 e. The first-order valence-electron chi connectivity index (χ1n) is 24.3. The Hall–Kier alpha value is -2.11. The predicted octanol–water partition coefficient (Wildman–Crippen LogP) is 15.6. The molecule has 0 aliphatic carbocycles. The molecule has 6 nitrogen and oxygen atoms in total. The zero-order chi connectivity index (χ0) is 40.8. The second-order valence-corrected chi connectivity index (χ2v) is 16.4. The Kier molecular flexibility index (Phi) is 43.9. The van der Waals surface area contributed by atoms with E-state index in [1.807, 2.05) is 0 Å². The molecule has 0 aromatic heterocycles. The summed E-state index contributed by atoms with van der Waals surface area (Å²) in [7, 11) is 0. The lowest BCUT2D eigenvalue weighted by molar-refractivity contribution is -0.167. The first-order valence-corrected chi connectivity index (χ1v) is 24.3. The molecular weight excluding hydrogens is 697 g/mol. The highest BCUT2D eigenvalue weighted by Crippen LogP contribution is 2.15. The molecule has 1 unspecified atom stereocenters. The fourth-order valence-corrected chi connectivity index (χ4v) is 6.97. The van der Waals surface area contributed by atoms with Gasteiger partial charge in [0.1, 0.15) is 13.2 Å². The van der Waals surface area contributed by atoms with Gasteiger partial charge in [-0.05, 0) is 64.2 Å². The maximum Gasteiger partial charge on any atom is 0.306 e. The molecule has 0 amide bonds. The van der Waals surface area contributed by atoms with Crippen molar-refractivity contribution in [1.82, 2.24) is 0 Å². The van der Waals surface area contributed by atoms with Crippen LogP contribution in [0.4, 0.5) is 0 Å². The molecule has 0 N–H and O–H groups in total. The molecule has 0 spiro atoms. The smallest absolute Gasteiger partial charge is 0.306 e. The Balaban J connectivity index is 4.33. The van der Waals surface area contributed by atoms with Gasteiger partial charge >= 0.3 is 17.9 Å². The van der Waals surface area contributed by atoms with Gasteiger partial charge in [-0.1, -0.05) is 199 Å². The van der Waals surface area contributed by atoms with Crippen molar-refractivity contribution in [2.24, 2.45) is 0 Å². The molecule has 0 aromatic carbocycles. The molecule has 56 heavy (non-hydrogen) atoms. The van der Waals surface area contributed by atoms with Gasteiger partial charge in [-0.2, -0.15) is 0 Å². The fourth-order valence-electron chi connectivity index (χ4n) is 6.97. The SMILES string of the molecule is CCCCCC/C=C\CCCC(=O)OCC(COC(=O)CCCCCCC/C=C\CCCCCCCCC)OC(=O)CCCCCCCCCCCCCCC. The van der Waals surface area contributed by atoms with Gasteiger partial charge in [0, 0.05) is 19.3 Å². The van der Waals surface area contributed by atoms with Crippen molar-refractivity contribution in [1.29, 1.82) is 0 Å². The van der Waals surface area contributed by atoms with Crippen LogP contribution in [0.15, 0.2) is 24.3 Å². The van der Waals surface area contributed by atoms with Crippen LogP contribution in [0, 0.1) is 0 Å². The van der Waals surface area contributed by atoms with Gasteiger partial charge in [-0.15, -0.1) is 0 Å². The molecule has 0 aliphatic rings. The van der Waals surface area contributed by atoms with E-state index < -0.39 is 6.10 Å².